The van der Waals surface area contributed by atoms with Gasteiger partial charge in [-0.1, -0.05) is 12.1 Å². The number of fused-ring (bicyclic) bond motifs is 3. The summed E-state index contributed by atoms with van der Waals surface area (Å²) in [6.45, 7) is 3.84. The average molecular weight is 252 g/mol. The first-order valence-corrected chi connectivity index (χ1v) is 5.99. The lowest BCUT2D eigenvalue weighted by Crippen LogP contribution is -2.31. The Morgan fingerprint density at radius 1 is 1.32 bits per heavy atom. The third kappa shape index (κ3) is 1.63. The topological polar surface area (TPSA) is 65.9 Å². The van der Waals surface area contributed by atoms with Crippen molar-refractivity contribution in [2.45, 2.75) is 19.4 Å². The molecule has 2 aromatic rings. The lowest BCUT2D eigenvalue weighted by Gasteiger charge is -2.34. The molecule has 0 atom stereocenters. The fourth-order valence-corrected chi connectivity index (χ4v) is 2.39. The summed E-state index contributed by atoms with van der Waals surface area (Å²) in [5.41, 5.74) is 1.56. The van der Waals surface area contributed by atoms with Crippen LogP contribution in [0.15, 0.2) is 35.1 Å². The van der Waals surface area contributed by atoms with E-state index in [1.54, 1.807) is 6.07 Å². The van der Waals surface area contributed by atoms with Crippen LogP contribution in [0, 0.1) is 11.3 Å². The number of aromatic amines is 1. The minimum Gasteiger partial charge on any atom is -0.482 e. The van der Waals surface area contributed by atoms with Gasteiger partial charge in [-0.05, 0) is 32.0 Å². The highest BCUT2D eigenvalue weighted by atomic mass is 16.5. The normalized spacial score (nSPS) is 14.8. The fourth-order valence-electron chi connectivity index (χ4n) is 2.39. The summed E-state index contributed by atoms with van der Waals surface area (Å²) in [5.74, 6) is 0.736. The first-order chi connectivity index (χ1) is 9.03. The molecule has 0 saturated carbocycles. The maximum Gasteiger partial charge on any atom is 0.266 e. The minimum absolute atomic E-state index is 0.106. The molecule has 19 heavy (non-hydrogen) atoms. The number of rotatable bonds is 0. The third-order valence-corrected chi connectivity index (χ3v) is 3.33. The second-order valence-corrected chi connectivity index (χ2v) is 5.02. The van der Waals surface area contributed by atoms with E-state index in [2.05, 4.69) is 4.98 Å². The molecule has 1 N–H and O–H groups in total. The van der Waals surface area contributed by atoms with Gasteiger partial charge in [-0.3, -0.25) is 4.79 Å². The van der Waals surface area contributed by atoms with Gasteiger partial charge in [0.25, 0.3) is 5.56 Å². The van der Waals surface area contributed by atoms with Crippen molar-refractivity contribution in [3.8, 4) is 23.1 Å². The summed E-state index contributed by atoms with van der Waals surface area (Å²) in [6, 6.07) is 11.1. The molecule has 1 aliphatic rings. The van der Waals surface area contributed by atoms with Crippen molar-refractivity contribution in [2.24, 2.45) is 0 Å². The highest BCUT2D eigenvalue weighted by Gasteiger charge is 2.33. The molecule has 0 radical (unpaired) electrons. The number of aromatic nitrogens is 1. The van der Waals surface area contributed by atoms with E-state index < -0.39 is 5.60 Å². The van der Waals surface area contributed by atoms with Crippen LogP contribution >= 0.6 is 0 Å². The van der Waals surface area contributed by atoms with Gasteiger partial charge in [0.05, 0.1) is 5.69 Å². The summed E-state index contributed by atoms with van der Waals surface area (Å²) in [6.07, 6.45) is 0. The van der Waals surface area contributed by atoms with Crippen LogP contribution in [0.4, 0.5) is 0 Å². The maximum atomic E-state index is 11.8. The lowest BCUT2D eigenvalue weighted by molar-refractivity contribution is 0.105. The van der Waals surface area contributed by atoms with Gasteiger partial charge in [0.15, 0.2) is 0 Å². The lowest BCUT2D eigenvalue weighted by atomic mass is 9.89. The van der Waals surface area contributed by atoms with Crippen molar-refractivity contribution in [1.29, 1.82) is 5.26 Å². The predicted molar refractivity (Wildman–Crippen MR) is 70.9 cm³/mol. The number of nitrogens with zero attached hydrogens (tertiary/aromatic N) is 1. The van der Waals surface area contributed by atoms with Crippen LogP contribution in [-0.2, 0) is 5.60 Å². The SMILES string of the molecule is CC1(C)Oc2ccccc2-c2[nH]c(=O)c(C#N)cc21. The molecule has 2 heterocycles. The average Bonchev–Trinajstić information content (AvgIpc) is 2.37. The van der Waals surface area contributed by atoms with E-state index in [1.807, 2.05) is 44.2 Å². The molecule has 1 aromatic heterocycles. The zero-order valence-corrected chi connectivity index (χ0v) is 10.7. The Morgan fingerprint density at radius 2 is 2.05 bits per heavy atom. The summed E-state index contributed by atoms with van der Waals surface area (Å²) in [4.78, 5) is 14.6. The van der Waals surface area contributed by atoms with E-state index in [0.29, 0.717) is 0 Å². The Balaban J connectivity index is 2.39. The molecule has 4 heteroatoms. The van der Waals surface area contributed by atoms with Crippen molar-refractivity contribution < 1.29 is 4.74 Å². The number of nitrogens with one attached hydrogen (secondary N) is 1. The standard InChI is InChI=1S/C15H12N2O2/c1-15(2)11-7-9(8-16)14(18)17-13(11)10-5-3-4-6-12(10)19-15/h3-7H,1-2H3,(H,17,18). The first-order valence-electron chi connectivity index (χ1n) is 5.99. The zero-order valence-electron chi connectivity index (χ0n) is 10.7. The number of para-hydroxylation sites is 1. The van der Waals surface area contributed by atoms with Crippen LogP contribution in [0.5, 0.6) is 5.75 Å². The fraction of sp³-hybridized carbons (Fsp3) is 0.200. The van der Waals surface area contributed by atoms with E-state index in [4.69, 9.17) is 10.00 Å². The number of benzene rings is 1. The molecular formula is C15H12N2O2. The quantitative estimate of drug-likeness (QED) is 0.783. The molecule has 0 amide bonds. The minimum atomic E-state index is -0.584. The summed E-state index contributed by atoms with van der Waals surface area (Å²) in [5, 5.41) is 8.97. The zero-order chi connectivity index (χ0) is 13.6. The Bertz CT molecular complexity index is 766. The molecule has 94 valence electrons. The van der Waals surface area contributed by atoms with Crippen molar-refractivity contribution in [3.63, 3.8) is 0 Å². The second kappa shape index (κ2) is 3.72. The molecule has 0 unspecified atom stereocenters. The molecule has 0 saturated heterocycles. The first kappa shape index (κ1) is 11.5. The summed E-state index contributed by atoms with van der Waals surface area (Å²) < 4.78 is 5.95. The molecule has 1 aromatic carbocycles. The highest BCUT2D eigenvalue weighted by molar-refractivity contribution is 5.73. The van der Waals surface area contributed by atoms with Gasteiger partial charge in [-0.25, -0.2) is 0 Å². The number of hydrogen-bond acceptors (Lipinski definition) is 3. The molecule has 0 spiro atoms. The number of nitriles is 1. The third-order valence-electron chi connectivity index (χ3n) is 3.33. The van der Waals surface area contributed by atoms with Crippen molar-refractivity contribution in [1.82, 2.24) is 4.98 Å². The molecular weight excluding hydrogens is 240 g/mol. The van der Waals surface area contributed by atoms with Gasteiger partial charge in [0.1, 0.15) is 23.0 Å². The maximum absolute atomic E-state index is 11.8. The van der Waals surface area contributed by atoms with Gasteiger partial charge in [-0.2, -0.15) is 5.26 Å². The van der Waals surface area contributed by atoms with Crippen LogP contribution in [-0.4, -0.2) is 4.98 Å². The second-order valence-electron chi connectivity index (χ2n) is 5.02. The Kier molecular flexibility index (Phi) is 2.26. The highest BCUT2D eigenvalue weighted by Crippen LogP contribution is 2.43. The Labute approximate surface area is 110 Å². The van der Waals surface area contributed by atoms with Crippen LogP contribution < -0.4 is 10.3 Å². The van der Waals surface area contributed by atoms with E-state index in [-0.39, 0.29) is 11.1 Å². The van der Waals surface area contributed by atoms with Crippen molar-refractivity contribution in [2.75, 3.05) is 0 Å². The van der Waals surface area contributed by atoms with Crippen molar-refractivity contribution >= 4 is 0 Å². The molecule has 3 rings (SSSR count). The van der Waals surface area contributed by atoms with Gasteiger partial charge >= 0.3 is 0 Å². The van der Waals surface area contributed by atoms with Gasteiger partial charge in [-0.15, -0.1) is 0 Å². The largest absolute Gasteiger partial charge is 0.482 e. The number of pyridine rings is 1. The van der Waals surface area contributed by atoms with Gasteiger partial charge in [0, 0.05) is 11.1 Å². The van der Waals surface area contributed by atoms with Gasteiger partial charge in [0.2, 0.25) is 0 Å². The predicted octanol–water partition coefficient (Wildman–Crippen LogP) is 2.54. The molecule has 4 nitrogen and oxygen atoms in total. The Hall–Kier alpha value is -2.54. The molecule has 1 aliphatic heterocycles. The van der Waals surface area contributed by atoms with E-state index in [1.165, 1.54) is 0 Å². The van der Waals surface area contributed by atoms with Crippen LogP contribution in [0.3, 0.4) is 0 Å². The number of ether oxygens (including phenoxy) is 1. The molecule has 0 aliphatic carbocycles. The molecule has 0 fully saturated rings. The Morgan fingerprint density at radius 3 is 2.79 bits per heavy atom. The van der Waals surface area contributed by atoms with E-state index in [0.717, 1.165) is 22.6 Å². The summed E-state index contributed by atoms with van der Waals surface area (Å²) >= 11 is 0. The number of H-pyrrole nitrogens is 1. The van der Waals surface area contributed by atoms with Crippen LogP contribution in [0.25, 0.3) is 11.3 Å². The van der Waals surface area contributed by atoms with Crippen LogP contribution in [0.1, 0.15) is 25.0 Å². The smallest absolute Gasteiger partial charge is 0.266 e. The molecule has 0 bridgehead atoms. The summed E-state index contributed by atoms with van der Waals surface area (Å²) in [7, 11) is 0. The number of hydrogen-bond donors (Lipinski definition) is 1. The monoisotopic (exact) mass is 252 g/mol. The van der Waals surface area contributed by atoms with E-state index >= 15 is 0 Å². The van der Waals surface area contributed by atoms with Gasteiger partial charge < -0.3 is 9.72 Å². The van der Waals surface area contributed by atoms with Crippen LogP contribution in [0.2, 0.25) is 0 Å². The van der Waals surface area contributed by atoms with E-state index in [9.17, 15) is 4.79 Å². The van der Waals surface area contributed by atoms with Crippen molar-refractivity contribution in [3.05, 3.63) is 51.8 Å².